The van der Waals surface area contributed by atoms with Gasteiger partial charge in [-0.25, -0.2) is 5.43 Å². The third kappa shape index (κ3) is 4.64. The maximum atomic E-state index is 12.8. The summed E-state index contributed by atoms with van der Waals surface area (Å²) in [7, 11) is -4.16. The lowest BCUT2D eigenvalue weighted by Gasteiger charge is -2.11. The summed E-state index contributed by atoms with van der Waals surface area (Å²) < 4.78 is 41.3. The fourth-order valence-corrected chi connectivity index (χ4v) is 3.99. The first-order chi connectivity index (χ1) is 14.9. The van der Waals surface area contributed by atoms with E-state index in [1.54, 1.807) is 37.5 Å². The van der Waals surface area contributed by atoms with Gasteiger partial charge in [0.2, 0.25) is 6.79 Å². The van der Waals surface area contributed by atoms with Gasteiger partial charge in [-0.3, -0.25) is 9.78 Å². The van der Waals surface area contributed by atoms with Gasteiger partial charge < -0.3 is 13.7 Å². The average Bonchev–Trinajstić information content (AvgIpc) is 3.21. The Hall–Kier alpha value is -3.92. The van der Waals surface area contributed by atoms with Crippen LogP contribution in [0.15, 0.2) is 70.9 Å². The number of amides is 1. The Morgan fingerprint density at radius 2 is 1.87 bits per heavy atom. The number of pyridine rings is 1. The van der Waals surface area contributed by atoms with Crippen LogP contribution in [0, 0.1) is 6.92 Å². The van der Waals surface area contributed by atoms with Crippen LogP contribution in [-0.2, 0) is 10.1 Å². The van der Waals surface area contributed by atoms with Gasteiger partial charge in [-0.05, 0) is 54.4 Å². The fraction of sp³-hybridized carbons (Fsp3) is 0.0952. The molecule has 0 bridgehead atoms. The molecule has 1 aromatic heterocycles. The molecule has 0 fully saturated rings. The van der Waals surface area contributed by atoms with Gasteiger partial charge in [0, 0.05) is 24.0 Å². The van der Waals surface area contributed by atoms with Crippen LogP contribution in [0.4, 0.5) is 0 Å². The number of ether oxygens (including phenoxy) is 2. The Bertz CT molecular complexity index is 1260. The lowest BCUT2D eigenvalue weighted by Crippen LogP contribution is -2.18. The molecular weight excluding hydrogens is 422 g/mol. The fourth-order valence-electron chi connectivity index (χ4n) is 2.83. The molecule has 1 aliphatic rings. The average molecular weight is 439 g/mol. The summed E-state index contributed by atoms with van der Waals surface area (Å²) in [5.74, 6) is 0.269. The topological polar surface area (TPSA) is 116 Å². The molecule has 158 valence electrons. The predicted molar refractivity (Wildman–Crippen MR) is 111 cm³/mol. The lowest BCUT2D eigenvalue weighted by atomic mass is 10.2. The minimum absolute atomic E-state index is 0.0113. The summed E-state index contributed by atoms with van der Waals surface area (Å²) in [6.07, 6.45) is 4.67. The van der Waals surface area contributed by atoms with E-state index in [0.29, 0.717) is 17.1 Å². The van der Waals surface area contributed by atoms with Crippen LogP contribution in [0.5, 0.6) is 17.2 Å². The van der Waals surface area contributed by atoms with Gasteiger partial charge in [0.25, 0.3) is 5.91 Å². The van der Waals surface area contributed by atoms with E-state index in [-0.39, 0.29) is 23.0 Å². The summed E-state index contributed by atoms with van der Waals surface area (Å²) in [6.45, 7) is 1.66. The van der Waals surface area contributed by atoms with E-state index in [1.165, 1.54) is 36.5 Å². The summed E-state index contributed by atoms with van der Waals surface area (Å²) in [4.78, 5) is 16.2. The number of nitrogens with zero attached hydrogens (tertiary/aromatic N) is 2. The zero-order valence-electron chi connectivity index (χ0n) is 16.3. The molecule has 31 heavy (non-hydrogen) atoms. The second kappa shape index (κ2) is 8.44. The first-order valence-electron chi connectivity index (χ1n) is 9.10. The number of fused-ring (bicyclic) bond motifs is 1. The highest BCUT2D eigenvalue weighted by Crippen LogP contribution is 2.36. The Kier molecular flexibility index (Phi) is 5.54. The van der Waals surface area contributed by atoms with Gasteiger partial charge in [0.15, 0.2) is 11.5 Å². The number of hydrogen-bond donors (Lipinski definition) is 1. The van der Waals surface area contributed by atoms with Crippen LogP contribution in [0.1, 0.15) is 21.5 Å². The number of aromatic nitrogens is 1. The molecule has 10 heteroatoms. The van der Waals surface area contributed by atoms with E-state index in [9.17, 15) is 13.2 Å². The number of aryl methyl sites for hydroxylation is 1. The Morgan fingerprint density at radius 1 is 1.13 bits per heavy atom. The van der Waals surface area contributed by atoms with Crippen molar-refractivity contribution >= 4 is 22.2 Å². The maximum absolute atomic E-state index is 12.8. The SMILES string of the molecule is Cc1cc2c(cc1S(=O)(=O)Oc1cccc(C(=O)N/N=C\c3ccncc3)c1)OCO2. The maximum Gasteiger partial charge on any atom is 0.339 e. The molecule has 0 saturated heterocycles. The normalized spacial score (nSPS) is 12.7. The molecule has 4 rings (SSSR count). The second-order valence-electron chi connectivity index (χ2n) is 6.52. The standard InChI is InChI=1S/C21H17N3O6S/c1-14-9-18-19(29-13-28-18)11-20(14)31(26,27)30-17-4-2-3-16(10-17)21(25)24-23-12-15-5-7-22-8-6-15/h2-12H,13H2,1H3,(H,24,25)/b23-12-. The summed E-state index contributed by atoms with van der Waals surface area (Å²) in [6, 6.07) is 12.2. The molecule has 0 aliphatic carbocycles. The van der Waals surface area contributed by atoms with Crippen molar-refractivity contribution in [2.24, 2.45) is 5.10 Å². The van der Waals surface area contributed by atoms with E-state index in [2.05, 4.69) is 15.5 Å². The van der Waals surface area contributed by atoms with Crippen molar-refractivity contribution in [2.75, 3.05) is 6.79 Å². The molecule has 0 unspecified atom stereocenters. The minimum atomic E-state index is -4.16. The number of nitrogens with one attached hydrogen (secondary N) is 1. The highest BCUT2D eigenvalue weighted by molar-refractivity contribution is 7.87. The number of carbonyl (C=O) groups excluding carboxylic acids is 1. The number of carbonyl (C=O) groups is 1. The number of benzene rings is 2. The van der Waals surface area contributed by atoms with Crippen molar-refractivity contribution in [3.63, 3.8) is 0 Å². The van der Waals surface area contributed by atoms with Gasteiger partial charge in [-0.1, -0.05) is 6.07 Å². The number of hydrogen-bond acceptors (Lipinski definition) is 8. The van der Waals surface area contributed by atoms with Crippen LogP contribution in [-0.4, -0.2) is 32.3 Å². The Balaban J connectivity index is 1.49. The van der Waals surface area contributed by atoms with Gasteiger partial charge in [0.05, 0.1) is 6.21 Å². The van der Waals surface area contributed by atoms with Crippen molar-refractivity contribution in [1.29, 1.82) is 0 Å². The molecule has 0 spiro atoms. The summed E-state index contributed by atoms with van der Waals surface area (Å²) in [5, 5.41) is 3.88. The van der Waals surface area contributed by atoms with Crippen LogP contribution in [0.2, 0.25) is 0 Å². The van der Waals surface area contributed by atoms with E-state index in [0.717, 1.165) is 5.56 Å². The third-order valence-electron chi connectivity index (χ3n) is 4.33. The summed E-state index contributed by atoms with van der Waals surface area (Å²) in [5.41, 5.74) is 3.77. The van der Waals surface area contributed by atoms with E-state index in [4.69, 9.17) is 13.7 Å². The van der Waals surface area contributed by atoms with Crippen molar-refractivity contribution in [3.05, 3.63) is 77.6 Å². The Morgan fingerprint density at radius 3 is 2.65 bits per heavy atom. The molecule has 9 nitrogen and oxygen atoms in total. The zero-order valence-corrected chi connectivity index (χ0v) is 17.1. The largest absolute Gasteiger partial charge is 0.454 e. The quantitative estimate of drug-likeness (QED) is 0.357. The Labute approximate surface area is 178 Å². The van der Waals surface area contributed by atoms with Crippen LogP contribution < -0.4 is 19.1 Å². The molecule has 1 N–H and O–H groups in total. The highest BCUT2D eigenvalue weighted by atomic mass is 32.2. The lowest BCUT2D eigenvalue weighted by molar-refractivity contribution is 0.0955. The van der Waals surface area contributed by atoms with Gasteiger partial charge in [0.1, 0.15) is 10.6 Å². The minimum Gasteiger partial charge on any atom is -0.454 e. The first kappa shape index (κ1) is 20.4. The second-order valence-corrected chi connectivity index (χ2v) is 8.03. The van der Waals surface area contributed by atoms with E-state index < -0.39 is 16.0 Å². The van der Waals surface area contributed by atoms with Crippen LogP contribution in [0.3, 0.4) is 0 Å². The van der Waals surface area contributed by atoms with Crippen molar-refractivity contribution < 1.29 is 26.9 Å². The predicted octanol–water partition coefficient (Wildman–Crippen LogP) is 2.65. The van der Waals surface area contributed by atoms with E-state index in [1.807, 2.05) is 0 Å². The first-order valence-corrected chi connectivity index (χ1v) is 10.5. The molecule has 1 aliphatic heterocycles. The number of hydrazone groups is 1. The third-order valence-corrected chi connectivity index (χ3v) is 5.72. The smallest absolute Gasteiger partial charge is 0.339 e. The van der Waals surface area contributed by atoms with Crippen LogP contribution >= 0.6 is 0 Å². The van der Waals surface area contributed by atoms with Crippen molar-refractivity contribution in [2.45, 2.75) is 11.8 Å². The van der Waals surface area contributed by atoms with Gasteiger partial charge in [-0.2, -0.15) is 13.5 Å². The van der Waals surface area contributed by atoms with Crippen molar-refractivity contribution in [3.8, 4) is 17.2 Å². The molecule has 0 atom stereocenters. The zero-order chi connectivity index (χ0) is 21.8. The van der Waals surface area contributed by atoms with Crippen molar-refractivity contribution in [1.82, 2.24) is 10.4 Å². The molecule has 2 aromatic carbocycles. The monoisotopic (exact) mass is 439 g/mol. The summed E-state index contributed by atoms with van der Waals surface area (Å²) >= 11 is 0. The number of rotatable bonds is 6. The molecular formula is C21H17N3O6S. The molecule has 1 amide bonds. The highest BCUT2D eigenvalue weighted by Gasteiger charge is 2.25. The van der Waals surface area contributed by atoms with Gasteiger partial charge in [-0.15, -0.1) is 0 Å². The van der Waals surface area contributed by atoms with Crippen LogP contribution in [0.25, 0.3) is 0 Å². The molecule has 0 radical (unpaired) electrons. The molecule has 2 heterocycles. The molecule has 3 aromatic rings. The van der Waals surface area contributed by atoms with E-state index >= 15 is 0 Å². The van der Waals surface area contributed by atoms with Gasteiger partial charge >= 0.3 is 10.1 Å². The molecule has 0 saturated carbocycles.